The molecule has 0 rings (SSSR count). The van der Waals surface area contributed by atoms with Gasteiger partial charge in [-0.3, -0.25) is 13.8 Å². The largest absolute Gasteiger partial charge is 0.472 e. The number of hydrogen-bond acceptors (Lipinski definition) is 5. The number of aliphatic hydroxyl groups excluding tert-OH is 1. The first-order valence-corrected chi connectivity index (χ1v) is 27.5. The Hall–Kier alpha value is -0.760. The molecule has 0 fully saturated rings. The van der Waals surface area contributed by atoms with Crippen LogP contribution in [0.5, 0.6) is 0 Å². The molecular formula is C51H104N2O6P+. The minimum atomic E-state index is -4.31. The highest BCUT2D eigenvalue weighted by Crippen LogP contribution is 2.43. The Kier molecular flexibility index (Phi) is 42.9. The van der Waals surface area contributed by atoms with E-state index in [1.807, 2.05) is 21.1 Å². The lowest BCUT2D eigenvalue weighted by atomic mass is 10.0. The Morgan fingerprint density at radius 3 is 1.28 bits per heavy atom. The van der Waals surface area contributed by atoms with Crippen LogP contribution in [-0.4, -0.2) is 73.4 Å². The number of phosphoric acid groups is 1. The summed E-state index contributed by atoms with van der Waals surface area (Å²) in [6.45, 7) is 4.90. The zero-order chi connectivity index (χ0) is 44.3. The molecule has 0 spiro atoms. The number of aliphatic hydroxyl groups is 1. The van der Waals surface area contributed by atoms with E-state index >= 15 is 0 Å². The molecule has 0 saturated heterocycles. The van der Waals surface area contributed by atoms with Gasteiger partial charge in [0.1, 0.15) is 13.2 Å². The van der Waals surface area contributed by atoms with Crippen molar-refractivity contribution >= 4 is 13.7 Å². The van der Waals surface area contributed by atoms with Crippen molar-refractivity contribution in [2.24, 2.45) is 0 Å². The number of nitrogens with one attached hydrogen (secondary N) is 1. The van der Waals surface area contributed by atoms with Crippen LogP contribution >= 0.6 is 7.82 Å². The molecule has 0 radical (unpaired) electrons. The van der Waals surface area contributed by atoms with Crippen LogP contribution in [0.15, 0.2) is 12.2 Å². The summed E-state index contributed by atoms with van der Waals surface area (Å²) in [5.41, 5.74) is 0. The van der Waals surface area contributed by atoms with E-state index in [0.717, 1.165) is 38.5 Å². The minimum Gasteiger partial charge on any atom is -0.391 e. The van der Waals surface area contributed by atoms with Crippen molar-refractivity contribution < 1.29 is 32.9 Å². The van der Waals surface area contributed by atoms with Crippen molar-refractivity contribution in [2.75, 3.05) is 40.9 Å². The van der Waals surface area contributed by atoms with Gasteiger partial charge in [-0.2, -0.15) is 0 Å². The number of carbonyl (C=O) groups is 1. The molecule has 358 valence electrons. The molecular weight excluding hydrogens is 768 g/mol. The summed E-state index contributed by atoms with van der Waals surface area (Å²) < 4.78 is 23.7. The van der Waals surface area contributed by atoms with E-state index in [1.165, 1.54) is 193 Å². The van der Waals surface area contributed by atoms with Gasteiger partial charge in [0.25, 0.3) is 0 Å². The highest BCUT2D eigenvalue weighted by Gasteiger charge is 2.28. The molecule has 0 heterocycles. The third kappa shape index (κ3) is 45.3. The number of nitrogens with zero attached hydrogens (tertiary/aromatic N) is 1. The Labute approximate surface area is 373 Å². The molecule has 60 heavy (non-hydrogen) atoms. The number of rotatable bonds is 48. The van der Waals surface area contributed by atoms with Crippen LogP contribution in [0, 0.1) is 0 Å². The van der Waals surface area contributed by atoms with E-state index in [4.69, 9.17) is 9.05 Å². The van der Waals surface area contributed by atoms with Gasteiger partial charge in [-0.15, -0.1) is 0 Å². The van der Waals surface area contributed by atoms with E-state index in [-0.39, 0.29) is 19.1 Å². The Bertz CT molecular complexity index is 989. The average molecular weight is 872 g/mol. The van der Waals surface area contributed by atoms with Crippen LogP contribution in [-0.2, 0) is 18.4 Å². The van der Waals surface area contributed by atoms with Gasteiger partial charge >= 0.3 is 7.82 Å². The number of amides is 1. The highest BCUT2D eigenvalue weighted by atomic mass is 31.2. The van der Waals surface area contributed by atoms with Gasteiger partial charge < -0.3 is 19.8 Å². The number of unbranched alkanes of at least 4 members (excludes halogenated alkanes) is 33. The predicted octanol–water partition coefficient (Wildman–Crippen LogP) is 15.1. The predicted molar refractivity (Wildman–Crippen MR) is 259 cm³/mol. The molecule has 0 bridgehead atoms. The molecule has 0 aliphatic rings. The van der Waals surface area contributed by atoms with Gasteiger partial charge in [-0.05, 0) is 38.5 Å². The maximum absolute atomic E-state index is 12.9. The summed E-state index contributed by atoms with van der Waals surface area (Å²) in [6, 6.07) is -0.756. The second-order valence-corrected chi connectivity index (χ2v) is 20.7. The van der Waals surface area contributed by atoms with E-state index in [0.29, 0.717) is 23.9 Å². The van der Waals surface area contributed by atoms with Gasteiger partial charge in [0, 0.05) is 6.42 Å². The number of quaternary nitrogens is 1. The monoisotopic (exact) mass is 872 g/mol. The molecule has 3 unspecified atom stereocenters. The first kappa shape index (κ1) is 59.2. The highest BCUT2D eigenvalue weighted by molar-refractivity contribution is 7.47. The third-order valence-corrected chi connectivity index (χ3v) is 13.0. The zero-order valence-corrected chi connectivity index (χ0v) is 41.6. The second kappa shape index (κ2) is 43.5. The molecule has 0 aromatic carbocycles. The van der Waals surface area contributed by atoms with E-state index in [9.17, 15) is 19.4 Å². The Balaban J connectivity index is 4.06. The summed E-state index contributed by atoms with van der Waals surface area (Å²) in [5, 5.41) is 14.0. The van der Waals surface area contributed by atoms with Crippen LogP contribution < -0.4 is 5.32 Å². The second-order valence-electron chi connectivity index (χ2n) is 19.3. The quantitative estimate of drug-likeness (QED) is 0.0243. The van der Waals surface area contributed by atoms with Crippen molar-refractivity contribution in [3.05, 3.63) is 12.2 Å². The molecule has 0 aliphatic carbocycles. The molecule has 3 atom stereocenters. The summed E-state index contributed by atoms with van der Waals surface area (Å²) in [6.07, 6.45) is 51.2. The van der Waals surface area contributed by atoms with E-state index in [1.54, 1.807) is 0 Å². The van der Waals surface area contributed by atoms with Crippen LogP contribution in [0.1, 0.15) is 258 Å². The van der Waals surface area contributed by atoms with Gasteiger partial charge in [0.2, 0.25) is 5.91 Å². The maximum Gasteiger partial charge on any atom is 0.472 e. The fourth-order valence-corrected chi connectivity index (χ4v) is 8.60. The van der Waals surface area contributed by atoms with Crippen LogP contribution in [0.2, 0.25) is 0 Å². The molecule has 0 aromatic heterocycles. The Morgan fingerprint density at radius 2 is 0.900 bits per heavy atom. The van der Waals surface area contributed by atoms with Crippen molar-refractivity contribution in [1.82, 2.24) is 5.32 Å². The number of phosphoric ester groups is 1. The molecule has 0 saturated carbocycles. The van der Waals surface area contributed by atoms with Gasteiger partial charge in [-0.25, -0.2) is 4.57 Å². The lowest BCUT2D eigenvalue weighted by Crippen LogP contribution is -2.46. The number of likely N-dealkylation sites (N-methyl/N-ethyl adjacent to an activating group) is 1. The third-order valence-electron chi connectivity index (χ3n) is 12.0. The topological polar surface area (TPSA) is 105 Å². The molecule has 0 aliphatic heterocycles. The Morgan fingerprint density at radius 1 is 0.550 bits per heavy atom. The fourth-order valence-electron chi connectivity index (χ4n) is 7.87. The van der Waals surface area contributed by atoms with Crippen LogP contribution in [0.4, 0.5) is 0 Å². The molecule has 1 amide bonds. The minimum absolute atomic E-state index is 0.0766. The van der Waals surface area contributed by atoms with Crippen LogP contribution in [0.3, 0.4) is 0 Å². The number of carbonyl (C=O) groups excluding carboxylic acids is 1. The first-order valence-electron chi connectivity index (χ1n) is 26.1. The van der Waals surface area contributed by atoms with Crippen molar-refractivity contribution in [2.45, 2.75) is 270 Å². The normalized spacial score (nSPS) is 14.2. The number of allylic oxidation sites excluding steroid dienone is 2. The van der Waals surface area contributed by atoms with Gasteiger partial charge in [0.05, 0.1) is 39.9 Å². The average Bonchev–Trinajstić information content (AvgIpc) is 3.20. The van der Waals surface area contributed by atoms with Crippen LogP contribution in [0.25, 0.3) is 0 Å². The molecule has 8 nitrogen and oxygen atoms in total. The summed E-state index contributed by atoms with van der Waals surface area (Å²) in [4.78, 5) is 23.2. The molecule has 0 aromatic rings. The summed E-state index contributed by atoms with van der Waals surface area (Å²) in [5.74, 6) is -0.143. The van der Waals surface area contributed by atoms with E-state index < -0.39 is 20.0 Å². The maximum atomic E-state index is 12.9. The lowest BCUT2D eigenvalue weighted by Gasteiger charge is -2.26. The lowest BCUT2D eigenvalue weighted by molar-refractivity contribution is -0.870. The van der Waals surface area contributed by atoms with Crippen molar-refractivity contribution in [3.8, 4) is 0 Å². The van der Waals surface area contributed by atoms with Crippen molar-refractivity contribution in [3.63, 3.8) is 0 Å². The SMILES string of the molecule is CCCCCCCCCCCCCC/C=C\CCCCCCCCCCCCCC(=O)NC(COP(=O)(O)OCC[N+](C)(C)C)C(O)CCCCCCCCCCCCC. The summed E-state index contributed by atoms with van der Waals surface area (Å²) in [7, 11) is 1.62. The van der Waals surface area contributed by atoms with Gasteiger partial charge in [-0.1, -0.05) is 225 Å². The van der Waals surface area contributed by atoms with Gasteiger partial charge in [0.15, 0.2) is 0 Å². The number of hydrogen-bond donors (Lipinski definition) is 3. The molecule has 3 N–H and O–H groups in total. The standard InChI is InChI=1S/C51H103N2O6P/c1-6-8-10-12-14-16-18-19-20-21-22-23-24-25-26-27-28-29-30-31-32-33-35-37-39-41-43-45-51(55)52-49(48-59-60(56,57)58-47-46-53(3,4)5)50(54)44-42-40-38-36-34-17-15-13-11-9-7-2/h25-26,49-50,54H,6-24,27-48H2,1-5H3,(H-,52,55,56,57)/p+1/b26-25-. The first-order chi connectivity index (χ1) is 29.0. The summed E-state index contributed by atoms with van der Waals surface area (Å²) >= 11 is 0. The molecule has 9 heteroatoms. The van der Waals surface area contributed by atoms with E-state index in [2.05, 4.69) is 31.3 Å². The fraction of sp³-hybridized carbons (Fsp3) is 0.941. The smallest absolute Gasteiger partial charge is 0.391 e. The zero-order valence-electron chi connectivity index (χ0n) is 40.7. The van der Waals surface area contributed by atoms with Crippen molar-refractivity contribution in [1.29, 1.82) is 0 Å².